The third kappa shape index (κ3) is 6.21. The van der Waals surface area contributed by atoms with E-state index in [4.69, 9.17) is 14.2 Å². The van der Waals surface area contributed by atoms with Crippen molar-refractivity contribution >= 4 is 23.0 Å². The molecule has 10 heteroatoms. The van der Waals surface area contributed by atoms with E-state index in [0.717, 1.165) is 17.2 Å². The van der Waals surface area contributed by atoms with Crippen molar-refractivity contribution in [3.05, 3.63) is 77.1 Å². The Kier molecular flexibility index (Phi) is 7.69. The van der Waals surface area contributed by atoms with Crippen molar-refractivity contribution < 1.29 is 42.1 Å². The van der Waals surface area contributed by atoms with Crippen molar-refractivity contribution in [2.75, 3.05) is 6.79 Å². The molecule has 0 spiro atoms. The summed E-state index contributed by atoms with van der Waals surface area (Å²) in [5.74, 6) is -0.209. The van der Waals surface area contributed by atoms with Crippen molar-refractivity contribution in [2.24, 2.45) is 10.9 Å². The normalized spacial score (nSPS) is 22.5. The maximum Gasteiger partial charge on any atom is 0.433 e. The van der Waals surface area contributed by atoms with Gasteiger partial charge in [0.05, 0.1) is 12.0 Å². The number of ether oxygens (including phenoxy) is 3. The highest BCUT2D eigenvalue weighted by atomic mass is 19.4. The standard InChI is InChI=1S/C30H28F3NO6/c1-17(20-7-10-25-27(14-20)39-16-38-25)11-24(35)21-4-2-3-18(12-21)13-23-26(15-28(34-23)30(31,32)33)40-22-8-5-19(6-9-22)29(36)37/h2-4,7,10-12,14-15,19,22-23H,5-6,8-9,13,16H2,1H3,(H,36,37)/b17-11+. The minimum absolute atomic E-state index is 0.112. The van der Waals surface area contributed by atoms with Crippen LogP contribution in [0.25, 0.3) is 5.57 Å². The number of nitrogens with zero attached hydrogens (tertiary/aromatic N) is 1. The summed E-state index contributed by atoms with van der Waals surface area (Å²) in [5, 5.41) is 9.21. The Morgan fingerprint density at radius 1 is 1.05 bits per heavy atom. The molecule has 210 valence electrons. The molecule has 2 aromatic rings. The van der Waals surface area contributed by atoms with Crippen molar-refractivity contribution in [1.29, 1.82) is 0 Å². The molecule has 3 aliphatic rings. The van der Waals surface area contributed by atoms with Crippen LogP contribution in [0, 0.1) is 5.92 Å². The fourth-order valence-electron chi connectivity index (χ4n) is 5.11. The number of carboxylic acid groups (broad SMARTS) is 1. The van der Waals surface area contributed by atoms with Gasteiger partial charge in [0.2, 0.25) is 6.79 Å². The second-order valence-corrected chi connectivity index (χ2v) is 10.2. The van der Waals surface area contributed by atoms with E-state index in [1.54, 1.807) is 36.4 Å². The lowest BCUT2D eigenvalue weighted by molar-refractivity contribution is -0.143. The summed E-state index contributed by atoms with van der Waals surface area (Å²) >= 11 is 0. The summed E-state index contributed by atoms with van der Waals surface area (Å²) in [7, 11) is 0. The predicted octanol–water partition coefficient (Wildman–Crippen LogP) is 6.17. The van der Waals surface area contributed by atoms with Gasteiger partial charge in [-0.25, -0.2) is 0 Å². The van der Waals surface area contributed by atoms with Crippen LogP contribution in [0.15, 0.2) is 65.4 Å². The molecule has 0 radical (unpaired) electrons. The molecule has 5 rings (SSSR count). The van der Waals surface area contributed by atoms with Crippen molar-refractivity contribution in [3.63, 3.8) is 0 Å². The van der Waals surface area contributed by atoms with Gasteiger partial charge in [-0.1, -0.05) is 24.3 Å². The molecule has 1 unspecified atom stereocenters. The lowest BCUT2D eigenvalue weighted by atomic mass is 9.87. The van der Waals surface area contributed by atoms with Crippen LogP contribution in [0.4, 0.5) is 13.2 Å². The number of rotatable bonds is 8. The Morgan fingerprint density at radius 2 is 1.80 bits per heavy atom. The number of carbonyl (C=O) groups excluding carboxylic acids is 1. The first-order valence-corrected chi connectivity index (χ1v) is 13.0. The van der Waals surface area contributed by atoms with E-state index in [9.17, 15) is 27.9 Å². The Bertz CT molecular complexity index is 1400. The first-order valence-electron chi connectivity index (χ1n) is 13.0. The molecule has 1 aliphatic carbocycles. The monoisotopic (exact) mass is 555 g/mol. The number of allylic oxidation sites excluding steroid dienone is 3. The van der Waals surface area contributed by atoms with Gasteiger partial charge in [0.25, 0.3) is 0 Å². The lowest BCUT2D eigenvalue weighted by Crippen LogP contribution is -2.27. The fraction of sp³-hybridized carbons (Fsp3) is 0.367. The molecular formula is C30H28F3NO6. The minimum atomic E-state index is -4.63. The third-order valence-electron chi connectivity index (χ3n) is 7.34. The highest BCUT2D eigenvalue weighted by Crippen LogP contribution is 2.35. The molecule has 0 bridgehead atoms. The van der Waals surface area contributed by atoms with E-state index in [0.29, 0.717) is 48.3 Å². The molecule has 0 aromatic heterocycles. The van der Waals surface area contributed by atoms with Crippen molar-refractivity contribution in [2.45, 2.75) is 57.3 Å². The highest BCUT2D eigenvalue weighted by Gasteiger charge is 2.40. The molecule has 40 heavy (non-hydrogen) atoms. The Morgan fingerprint density at radius 3 is 2.52 bits per heavy atom. The van der Waals surface area contributed by atoms with Gasteiger partial charge in [-0.05, 0) is 73.6 Å². The summed E-state index contributed by atoms with van der Waals surface area (Å²) in [6.45, 7) is 1.96. The van der Waals surface area contributed by atoms with Crippen LogP contribution < -0.4 is 9.47 Å². The van der Waals surface area contributed by atoms with Gasteiger partial charge in [-0.3, -0.25) is 14.6 Å². The second-order valence-electron chi connectivity index (χ2n) is 10.2. The number of carboxylic acids is 1. The second kappa shape index (κ2) is 11.2. The first-order chi connectivity index (χ1) is 19.1. The smallest absolute Gasteiger partial charge is 0.433 e. The summed E-state index contributed by atoms with van der Waals surface area (Å²) in [6.07, 6.45) is -0.731. The fourth-order valence-corrected chi connectivity index (χ4v) is 5.11. The van der Waals surface area contributed by atoms with E-state index in [1.165, 1.54) is 6.08 Å². The van der Waals surface area contributed by atoms with E-state index in [-0.39, 0.29) is 30.9 Å². The molecule has 2 aliphatic heterocycles. The van der Waals surface area contributed by atoms with Crippen LogP contribution in [-0.4, -0.2) is 47.7 Å². The molecule has 0 saturated heterocycles. The zero-order valence-corrected chi connectivity index (χ0v) is 21.7. The molecule has 0 amide bonds. The molecule has 1 atom stereocenters. The van der Waals surface area contributed by atoms with Gasteiger partial charge >= 0.3 is 12.1 Å². The summed E-state index contributed by atoms with van der Waals surface area (Å²) in [4.78, 5) is 28.2. The Labute approximate surface area is 229 Å². The molecule has 7 nitrogen and oxygen atoms in total. The number of fused-ring (bicyclic) bond motifs is 1. The van der Waals surface area contributed by atoms with E-state index < -0.39 is 29.8 Å². The summed E-state index contributed by atoms with van der Waals surface area (Å²) in [5.41, 5.74) is 1.55. The maximum absolute atomic E-state index is 13.5. The van der Waals surface area contributed by atoms with E-state index in [1.807, 2.05) is 13.0 Å². The van der Waals surface area contributed by atoms with Gasteiger partial charge in [0.1, 0.15) is 17.5 Å². The summed E-state index contributed by atoms with van der Waals surface area (Å²) < 4.78 is 57.2. The van der Waals surface area contributed by atoms with Crippen LogP contribution in [0.2, 0.25) is 0 Å². The van der Waals surface area contributed by atoms with Crippen LogP contribution in [-0.2, 0) is 16.0 Å². The molecule has 2 aromatic carbocycles. The number of carbonyl (C=O) groups is 2. The van der Waals surface area contributed by atoms with E-state index in [2.05, 4.69) is 4.99 Å². The van der Waals surface area contributed by atoms with Crippen LogP contribution in [0.3, 0.4) is 0 Å². The predicted molar refractivity (Wildman–Crippen MR) is 141 cm³/mol. The molecular weight excluding hydrogens is 527 g/mol. The number of benzene rings is 2. The number of aliphatic carboxylic acids is 1. The molecule has 1 fully saturated rings. The van der Waals surface area contributed by atoms with Crippen molar-refractivity contribution in [1.82, 2.24) is 0 Å². The van der Waals surface area contributed by atoms with Crippen LogP contribution >= 0.6 is 0 Å². The third-order valence-corrected chi connectivity index (χ3v) is 7.34. The number of hydrogen-bond donors (Lipinski definition) is 1. The van der Waals surface area contributed by atoms with Gasteiger partial charge < -0.3 is 19.3 Å². The Hall–Kier alpha value is -4.08. The van der Waals surface area contributed by atoms with Gasteiger partial charge in [-0.2, -0.15) is 13.2 Å². The Balaban J connectivity index is 1.29. The van der Waals surface area contributed by atoms with Gasteiger partial charge in [-0.15, -0.1) is 0 Å². The number of halogens is 3. The topological polar surface area (TPSA) is 94.4 Å². The van der Waals surface area contributed by atoms with Crippen molar-refractivity contribution in [3.8, 4) is 11.5 Å². The zero-order valence-electron chi connectivity index (χ0n) is 21.7. The molecule has 1 N–H and O–H groups in total. The number of alkyl halides is 3. The molecule has 2 heterocycles. The average Bonchev–Trinajstić information content (AvgIpc) is 3.55. The van der Waals surface area contributed by atoms with E-state index >= 15 is 0 Å². The number of ketones is 1. The van der Waals surface area contributed by atoms with Crippen LogP contribution in [0.5, 0.6) is 11.5 Å². The first kappa shape index (κ1) is 27.5. The summed E-state index contributed by atoms with van der Waals surface area (Å²) in [6, 6.07) is 11.3. The quantitative estimate of drug-likeness (QED) is 0.309. The number of aliphatic imine (C=N–C) groups is 1. The minimum Gasteiger partial charge on any atom is -0.492 e. The van der Waals surface area contributed by atoms with Gasteiger partial charge in [0.15, 0.2) is 17.3 Å². The zero-order chi connectivity index (χ0) is 28.4. The largest absolute Gasteiger partial charge is 0.492 e. The SMILES string of the molecule is C/C(=C\C(=O)c1cccc(CC2N=C(C(F)(F)F)C=C2OC2CCC(C(=O)O)CC2)c1)c1ccc2c(c1)OCO2. The maximum atomic E-state index is 13.5. The highest BCUT2D eigenvalue weighted by molar-refractivity contribution is 6.08. The van der Waals surface area contributed by atoms with Gasteiger partial charge in [0, 0.05) is 18.1 Å². The molecule has 1 saturated carbocycles. The van der Waals surface area contributed by atoms with Crippen LogP contribution in [0.1, 0.15) is 54.1 Å². The lowest BCUT2D eigenvalue weighted by Gasteiger charge is -2.28. The number of hydrogen-bond acceptors (Lipinski definition) is 6. The average molecular weight is 556 g/mol.